The van der Waals surface area contributed by atoms with Crippen LogP contribution in [0, 0.1) is 5.82 Å². The summed E-state index contributed by atoms with van der Waals surface area (Å²) in [7, 11) is 0. The Bertz CT molecular complexity index is 477. The number of halogens is 2. The molecule has 0 bridgehead atoms. The summed E-state index contributed by atoms with van der Waals surface area (Å²) >= 11 is 3.42. The molecule has 5 heteroatoms. The van der Waals surface area contributed by atoms with Crippen LogP contribution >= 0.6 is 15.9 Å². The fourth-order valence-corrected chi connectivity index (χ4v) is 3.36. The Hall–Kier alpha value is -0.490. The molecule has 0 amide bonds. The van der Waals surface area contributed by atoms with Crippen LogP contribution in [0.15, 0.2) is 22.7 Å². The van der Waals surface area contributed by atoms with Crippen molar-refractivity contribution in [1.29, 1.82) is 0 Å². The summed E-state index contributed by atoms with van der Waals surface area (Å²) in [6.45, 7) is 3.10. The van der Waals surface area contributed by atoms with Gasteiger partial charge in [-0.1, -0.05) is 15.9 Å². The third-order valence-electron chi connectivity index (χ3n) is 4.17. The second kappa shape index (κ2) is 6.10. The predicted octanol–water partition coefficient (Wildman–Crippen LogP) is 3.02. The molecule has 1 atom stereocenters. The molecule has 20 heavy (non-hydrogen) atoms. The topological polar surface area (TPSA) is 30.5 Å². The van der Waals surface area contributed by atoms with Gasteiger partial charge >= 0.3 is 0 Å². The average Bonchev–Trinajstić information content (AvgIpc) is 2.84. The molecule has 0 aliphatic carbocycles. The van der Waals surface area contributed by atoms with Gasteiger partial charge in [-0.2, -0.15) is 0 Å². The van der Waals surface area contributed by atoms with E-state index < -0.39 is 0 Å². The lowest BCUT2D eigenvalue weighted by molar-refractivity contribution is -0.0241. The molecular formula is C15H19BrFNO2. The van der Waals surface area contributed by atoms with Gasteiger partial charge in [-0.15, -0.1) is 0 Å². The molecule has 1 N–H and O–H groups in total. The SMILES string of the molecule is Fc1ccc(Br)c(COC2COC3(CCNCC3)C2)c1. The van der Waals surface area contributed by atoms with Crippen molar-refractivity contribution in [3.05, 3.63) is 34.1 Å². The molecule has 2 saturated heterocycles. The van der Waals surface area contributed by atoms with Crippen LogP contribution in [0.1, 0.15) is 24.8 Å². The molecule has 1 unspecified atom stereocenters. The van der Waals surface area contributed by atoms with Crippen molar-refractivity contribution in [3.8, 4) is 0 Å². The molecule has 0 saturated carbocycles. The summed E-state index contributed by atoms with van der Waals surface area (Å²) in [5.41, 5.74) is 0.853. The van der Waals surface area contributed by atoms with Gasteiger partial charge in [0.2, 0.25) is 0 Å². The largest absolute Gasteiger partial charge is 0.372 e. The molecule has 0 radical (unpaired) electrons. The standard InChI is InChI=1S/C15H19BrFNO2/c16-14-2-1-12(17)7-11(14)9-19-13-8-15(20-10-13)3-5-18-6-4-15/h1-2,7,13,18H,3-6,8-10H2. The number of ether oxygens (including phenoxy) is 2. The van der Waals surface area contributed by atoms with E-state index in [4.69, 9.17) is 9.47 Å². The highest BCUT2D eigenvalue weighted by Crippen LogP contribution is 2.35. The fourth-order valence-electron chi connectivity index (χ4n) is 3.00. The zero-order valence-electron chi connectivity index (χ0n) is 11.3. The lowest BCUT2D eigenvalue weighted by atomic mass is 9.89. The monoisotopic (exact) mass is 343 g/mol. The van der Waals surface area contributed by atoms with Gasteiger partial charge in [0.05, 0.1) is 24.9 Å². The minimum atomic E-state index is -0.232. The van der Waals surface area contributed by atoms with E-state index in [0.29, 0.717) is 13.2 Å². The first-order chi connectivity index (χ1) is 9.67. The maximum absolute atomic E-state index is 13.2. The van der Waals surface area contributed by atoms with Crippen LogP contribution in [-0.2, 0) is 16.1 Å². The normalized spacial score (nSPS) is 25.2. The summed E-state index contributed by atoms with van der Waals surface area (Å²) < 4.78 is 26.0. The lowest BCUT2D eigenvalue weighted by Gasteiger charge is -2.32. The van der Waals surface area contributed by atoms with Crippen molar-refractivity contribution < 1.29 is 13.9 Å². The second-order valence-electron chi connectivity index (χ2n) is 5.62. The van der Waals surface area contributed by atoms with Crippen molar-refractivity contribution in [2.45, 2.75) is 37.6 Å². The first kappa shape index (κ1) is 14.4. The van der Waals surface area contributed by atoms with Crippen LogP contribution in [0.2, 0.25) is 0 Å². The molecule has 3 nitrogen and oxygen atoms in total. The molecule has 110 valence electrons. The summed E-state index contributed by atoms with van der Waals surface area (Å²) in [4.78, 5) is 0. The van der Waals surface area contributed by atoms with Gasteiger partial charge in [-0.3, -0.25) is 0 Å². The number of hydrogen-bond donors (Lipinski definition) is 1. The van der Waals surface area contributed by atoms with Gasteiger partial charge in [0, 0.05) is 10.9 Å². The van der Waals surface area contributed by atoms with Crippen LogP contribution in [0.4, 0.5) is 4.39 Å². The highest BCUT2D eigenvalue weighted by atomic mass is 79.9. The summed E-state index contributed by atoms with van der Waals surface area (Å²) in [6.07, 6.45) is 3.16. The Balaban J connectivity index is 1.56. The quantitative estimate of drug-likeness (QED) is 0.914. The van der Waals surface area contributed by atoms with E-state index in [0.717, 1.165) is 42.4 Å². The number of nitrogens with one attached hydrogen (secondary N) is 1. The zero-order chi connectivity index (χ0) is 14.0. The van der Waals surface area contributed by atoms with Gasteiger partial charge in [0.15, 0.2) is 0 Å². The molecule has 2 fully saturated rings. The third kappa shape index (κ3) is 3.22. The van der Waals surface area contributed by atoms with Crippen LogP contribution < -0.4 is 5.32 Å². The number of piperidine rings is 1. The highest BCUT2D eigenvalue weighted by molar-refractivity contribution is 9.10. The maximum Gasteiger partial charge on any atom is 0.123 e. The van der Waals surface area contributed by atoms with Gasteiger partial charge in [0.1, 0.15) is 5.82 Å². The van der Waals surface area contributed by atoms with E-state index in [2.05, 4.69) is 21.2 Å². The fraction of sp³-hybridized carbons (Fsp3) is 0.600. The Morgan fingerprint density at radius 3 is 3.00 bits per heavy atom. The Kier molecular flexibility index (Phi) is 4.40. The van der Waals surface area contributed by atoms with E-state index in [-0.39, 0.29) is 17.5 Å². The van der Waals surface area contributed by atoms with Crippen molar-refractivity contribution in [2.24, 2.45) is 0 Å². The minimum absolute atomic E-state index is 0.00901. The van der Waals surface area contributed by atoms with E-state index >= 15 is 0 Å². The van der Waals surface area contributed by atoms with Crippen LogP contribution in [0.5, 0.6) is 0 Å². The summed E-state index contributed by atoms with van der Waals surface area (Å²) in [5, 5.41) is 3.35. The molecular weight excluding hydrogens is 325 g/mol. The minimum Gasteiger partial charge on any atom is -0.372 e. The van der Waals surface area contributed by atoms with Crippen LogP contribution in [0.25, 0.3) is 0 Å². The maximum atomic E-state index is 13.2. The molecule has 1 aromatic carbocycles. The lowest BCUT2D eigenvalue weighted by Crippen LogP contribution is -2.41. The molecule has 1 spiro atoms. The Labute approximate surface area is 127 Å². The van der Waals surface area contributed by atoms with E-state index in [1.165, 1.54) is 12.1 Å². The first-order valence-electron chi connectivity index (χ1n) is 7.07. The van der Waals surface area contributed by atoms with Crippen molar-refractivity contribution in [3.63, 3.8) is 0 Å². The summed E-state index contributed by atoms with van der Waals surface area (Å²) in [5.74, 6) is -0.232. The Morgan fingerprint density at radius 2 is 2.20 bits per heavy atom. The molecule has 2 heterocycles. The first-order valence-corrected chi connectivity index (χ1v) is 7.86. The van der Waals surface area contributed by atoms with E-state index in [1.807, 2.05) is 0 Å². The average molecular weight is 344 g/mol. The smallest absolute Gasteiger partial charge is 0.123 e. The van der Waals surface area contributed by atoms with Crippen molar-refractivity contribution in [2.75, 3.05) is 19.7 Å². The van der Waals surface area contributed by atoms with Crippen LogP contribution in [-0.4, -0.2) is 31.4 Å². The number of benzene rings is 1. The number of hydrogen-bond acceptors (Lipinski definition) is 3. The van der Waals surface area contributed by atoms with Crippen molar-refractivity contribution >= 4 is 15.9 Å². The number of rotatable bonds is 3. The highest BCUT2D eigenvalue weighted by Gasteiger charge is 2.41. The van der Waals surface area contributed by atoms with Gasteiger partial charge in [-0.25, -0.2) is 4.39 Å². The molecule has 2 aliphatic rings. The molecule has 1 aromatic rings. The molecule has 3 rings (SSSR count). The van der Waals surface area contributed by atoms with E-state index in [9.17, 15) is 4.39 Å². The van der Waals surface area contributed by atoms with Crippen LogP contribution in [0.3, 0.4) is 0 Å². The van der Waals surface area contributed by atoms with Crippen molar-refractivity contribution in [1.82, 2.24) is 5.32 Å². The Morgan fingerprint density at radius 1 is 1.40 bits per heavy atom. The molecule has 0 aromatic heterocycles. The third-order valence-corrected chi connectivity index (χ3v) is 4.95. The van der Waals surface area contributed by atoms with Gasteiger partial charge in [-0.05, 0) is 49.7 Å². The zero-order valence-corrected chi connectivity index (χ0v) is 12.9. The van der Waals surface area contributed by atoms with Gasteiger partial charge < -0.3 is 14.8 Å². The predicted molar refractivity (Wildman–Crippen MR) is 78.1 cm³/mol. The molecule has 2 aliphatic heterocycles. The summed E-state index contributed by atoms with van der Waals surface area (Å²) in [6, 6.07) is 4.67. The van der Waals surface area contributed by atoms with E-state index in [1.54, 1.807) is 6.07 Å². The van der Waals surface area contributed by atoms with Gasteiger partial charge in [0.25, 0.3) is 0 Å². The second-order valence-corrected chi connectivity index (χ2v) is 6.47.